The minimum atomic E-state index is -0.489. The lowest BCUT2D eigenvalue weighted by molar-refractivity contribution is -0.384. The molecule has 4 aromatic carbocycles. The summed E-state index contributed by atoms with van der Waals surface area (Å²) in [6, 6.07) is 28.0. The molecule has 0 aromatic heterocycles. The van der Waals surface area contributed by atoms with Crippen LogP contribution in [0.15, 0.2) is 112 Å². The van der Waals surface area contributed by atoms with Crippen molar-refractivity contribution in [1.29, 1.82) is 0 Å². The van der Waals surface area contributed by atoms with E-state index in [0.717, 1.165) is 15.6 Å². The Morgan fingerprint density at radius 1 is 0.974 bits per heavy atom. The fraction of sp³-hybridized carbons (Fsp3) is 0.0345. The number of amides is 1. The minimum absolute atomic E-state index is 0.0714. The van der Waals surface area contributed by atoms with Gasteiger partial charge in [0, 0.05) is 38.3 Å². The zero-order valence-electron chi connectivity index (χ0n) is 19.8. The van der Waals surface area contributed by atoms with Crippen molar-refractivity contribution in [3.63, 3.8) is 0 Å². The number of halogens is 2. The van der Waals surface area contributed by atoms with Gasteiger partial charge in [0.05, 0.1) is 16.2 Å². The molecule has 0 radical (unpaired) electrons. The van der Waals surface area contributed by atoms with Crippen molar-refractivity contribution in [2.45, 2.75) is 6.61 Å². The molecule has 0 bridgehead atoms. The van der Waals surface area contributed by atoms with Crippen molar-refractivity contribution in [2.24, 2.45) is 5.10 Å². The highest BCUT2D eigenvalue weighted by Crippen LogP contribution is 2.32. The van der Waals surface area contributed by atoms with Gasteiger partial charge >= 0.3 is 0 Å². The van der Waals surface area contributed by atoms with E-state index in [0.29, 0.717) is 33.3 Å². The fourth-order valence-electron chi connectivity index (χ4n) is 3.93. The minimum Gasteiger partial charge on any atom is -0.488 e. The average molecular weight is 589 g/mol. The third kappa shape index (κ3) is 5.37. The summed E-state index contributed by atoms with van der Waals surface area (Å²) in [6.45, 7) is 0.250. The van der Waals surface area contributed by atoms with E-state index in [2.05, 4.69) is 21.0 Å². The molecule has 0 saturated carbocycles. The number of nitro benzene ring substituents is 1. The lowest BCUT2D eigenvalue weighted by atomic mass is 10.00. The first-order valence-electron chi connectivity index (χ1n) is 11.5. The van der Waals surface area contributed by atoms with E-state index in [-0.39, 0.29) is 18.2 Å². The van der Waals surface area contributed by atoms with E-state index < -0.39 is 4.92 Å². The summed E-state index contributed by atoms with van der Waals surface area (Å²) >= 11 is 9.81. The average Bonchev–Trinajstić information content (AvgIpc) is 3.25. The maximum atomic E-state index is 13.7. The lowest BCUT2D eigenvalue weighted by Gasteiger charge is -2.13. The van der Waals surface area contributed by atoms with E-state index in [4.69, 9.17) is 16.3 Å². The van der Waals surface area contributed by atoms with Crippen LogP contribution < -0.4 is 9.75 Å². The number of non-ortho nitro benzene ring substituents is 1. The van der Waals surface area contributed by atoms with Crippen LogP contribution in [0.2, 0.25) is 5.02 Å². The molecule has 1 aliphatic rings. The van der Waals surface area contributed by atoms with Crippen LogP contribution in [0.5, 0.6) is 5.75 Å². The van der Waals surface area contributed by atoms with E-state index >= 15 is 0 Å². The highest BCUT2D eigenvalue weighted by Gasteiger charge is 2.32. The van der Waals surface area contributed by atoms with Crippen molar-refractivity contribution in [1.82, 2.24) is 0 Å². The van der Waals surface area contributed by atoms with E-state index in [1.54, 1.807) is 12.1 Å². The number of anilines is 1. The number of benzene rings is 4. The zero-order valence-corrected chi connectivity index (χ0v) is 22.1. The molecule has 7 nitrogen and oxygen atoms in total. The Morgan fingerprint density at radius 3 is 2.39 bits per heavy atom. The predicted molar refractivity (Wildman–Crippen MR) is 151 cm³/mol. The van der Waals surface area contributed by atoms with Gasteiger partial charge in [0.2, 0.25) is 0 Å². The van der Waals surface area contributed by atoms with Crippen molar-refractivity contribution in [3.05, 3.63) is 139 Å². The fourth-order valence-corrected chi connectivity index (χ4v) is 4.50. The van der Waals surface area contributed by atoms with E-state index in [1.807, 2.05) is 66.7 Å². The van der Waals surface area contributed by atoms with Gasteiger partial charge in [-0.05, 0) is 42.5 Å². The molecule has 38 heavy (non-hydrogen) atoms. The number of hydrazone groups is 1. The number of carbonyl (C=O) groups excluding carboxylic acids is 1. The monoisotopic (exact) mass is 587 g/mol. The summed E-state index contributed by atoms with van der Waals surface area (Å²) in [7, 11) is 0. The van der Waals surface area contributed by atoms with Gasteiger partial charge in [0.1, 0.15) is 18.1 Å². The summed E-state index contributed by atoms with van der Waals surface area (Å²) in [5, 5.41) is 17.5. The van der Waals surface area contributed by atoms with Gasteiger partial charge < -0.3 is 4.74 Å². The van der Waals surface area contributed by atoms with Crippen LogP contribution in [-0.4, -0.2) is 16.5 Å². The van der Waals surface area contributed by atoms with Crippen LogP contribution in [0.1, 0.15) is 16.7 Å². The van der Waals surface area contributed by atoms with Crippen LogP contribution in [0.4, 0.5) is 11.4 Å². The molecule has 1 aliphatic heterocycles. The third-order valence-electron chi connectivity index (χ3n) is 5.84. The smallest absolute Gasteiger partial charge is 0.281 e. The molecule has 0 unspecified atom stereocenters. The number of hydrogen-bond acceptors (Lipinski definition) is 5. The summed E-state index contributed by atoms with van der Waals surface area (Å²) < 4.78 is 6.92. The standard InChI is InChI=1S/C29H19BrClN3O4/c30-22-10-15-27(38-18-20-8-4-5-9-26(20)31)21(16-22)17-25-28(19-6-2-1-3-7-19)32-33(29(25)35)23-11-13-24(14-12-23)34(36)37/h1-17H,18H2/b25-17-. The number of rotatable bonds is 7. The molecule has 188 valence electrons. The van der Waals surface area contributed by atoms with Gasteiger partial charge in [-0.3, -0.25) is 14.9 Å². The lowest BCUT2D eigenvalue weighted by Crippen LogP contribution is -2.21. The van der Waals surface area contributed by atoms with Crippen molar-refractivity contribution >= 4 is 56.6 Å². The van der Waals surface area contributed by atoms with Gasteiger partial charge in [-0.2, -0.15) is 10.1 Å². The number of nitro groups is 1. The first kappa shape index (κ1) is 25.4. The predicted octanol–water partition coefficient (Wildman–Crippen LogP) is 7.42. The second kappa shape index (κ2) is 11.0. The highest BCUT2D eigenvalue weighted by molar-refractivity contribution is 9.10. The quantitative estimate of drug-likeness (QED) is 0.128. The Bertz CT molecular complexity index is 1590. The molecule has 0 atom stereocenters. The number of ether oxygens (including phenoxy) is 1. The van der Waals surface area contributed by atoms with Crippen molar-refractivity contribution in [3.8, 4) is 5.75 Å². The molecule has 0 N–H and O–H groups in total. The van der Waals surface area contributed by atoms with Crippen LogP contribution in [0, 0.1) is 10.1 Å². The number of nitrogens with zero attached hydrogens (tertiary/aromatic N) is 3. The largest absolute Gasteiger partial charge is 0.488 e. The maximum absolute atomic E-state index is 13.7. The van der Waals surface area contributed by atoms with E-state index in [9.17, 15) is 14.9 Å². The molecule has 5 rings (SSSR count). The van der Waals surface area contributed by atoms with E-state index in [1.165, 1.54) is 29.3 Å². The van der Waals surface area contributed by atoms with Crippen molar-refractivity contribution < 1.29 is 14.5 Å². The normalized spacial score (nSPS) is 14.1. The van der Waals surface area contributed by atoms with Crippen LogP contribution >= 0.6 is 27.5 Å². The summed E-state index contributed by atoms with van der Waals surface area (Å²) in [6.07, 6.45) is 1.74. The van der Waals surface area contributed by atoms with Gasteiger partial charge in [0.25, 0.3) is 11.6 Å². The Labute approximate surface area is 231 Å². The zero-order chi connectivity index (χ0) is 26.6. The topological polar surface area (TPSA) is 85.0 Å². The molecule has 1 heterocycles. The second-order valence-corrected chi connectivity index (χ2v) is 9.65. The SMILES string of the molecule is O=C1/C(=C\c2cc(Br)ccc2OCc2ccccc2Cl)C(c2ccccc2)=NN1c1ccc([N+](=O)[O-])cc1. The summed E-state index contributed by atoms with van der Waals surface area (Å²) in [5.41, 5.74) is 3.44. The third-order valence-corrected chi connectivity index (χ3v) is 6.70. The Balaban J connectivity index is 1.54. The molecular weight excluding hydrogens is 570 g/mol. The summed E-state index contributed by atoms with van der Waals surface area (Å²) in [5.74, 6) is 0.198. The Hall–Kier alpha value is -4.27. The van der Waals surface area contributed by atoms with Gasteiger partial charge in [-0.1, -0.05) is 76.1 Å². The first-order valence-corrected chi connectivity index (χ1v) is 12.7. The maximum Gasteiger partial charge on any atom is 0.281 e. The van der Waals surface area contributed by atoms with Crippen LogP contribution in [-0.2, 0) is 11.4 Å². The van der Waals surface area contributed by atoms with Gasteiger partial charge in [-0.15, -0.1) is 0 Å². The molecular formula is C29H19BrClN3O4. The molecule has 0 spiro atoms. The van der Waals surface area contributed by atoms with Gasteiger partial charge in [0.15, 0.2) is 0 Å². The number of carbonyl (C=O) groups is 1. The van der Waals surface area contributed by atoms with Crippen LogP contribution in [0.3, 0.4) is 0 Å². The van der Waals surface area contributed by atoms with Gasteiger partial charge in [-0.25, -0.2) is 0 Å². The summed E-state index contributed by atoms with van der Waals surface area (Å²) in [4.78, 5) is 24.3. The molecule has 9 heteroatoms. The molecule has 0 fully saturated rings. The molecule has 1 amide bonds. The highest BCUT2D eigenvalue weighted by atomic mass is 79.9. The van der Waals surface area contributed by atoms with Crippen LogP contribution in [0.25, 0.3) is 6.08 Å². The second-order valence-electron chi connectivity index (χ2n) is 8.33. The Morgan fingerprint density at radius 2 is 1.68 bits per heavy atom. The molecule has 0 saturated heterocycles. The molecule has 4 aromatic rings. The van der Waals surface area contributed by atoms with Crippen molar-refractivity contribution in [2.75, 3.05) is 5.01 Å². The molecule has 0 aliphatic carbocycles. The number of hydrogen-bond donors (Lipinski definition) is 0. The first-order chi connectivity index (χ1) is 18.4. The Kier molecular flexibility index (Phi) is 7.35.